The summed E-state index contributed by atoms with van der Waals surface area (Å²) in [7, 11) is 1.50. The first kappa shape index (κ1) is 19.2. The maximum atomic E-state index is 14.5. The molecule has 2 N–H and O–H groups in total. The number of hydrogen-bond acceptors (Lipinski definition) is 6. The number of nitrogens with zero attached hydrogens (tertiary/aromatic N) is 3. The molecule has 0 aromatic heterocycles. The molecule has 28 heavy (non-hydrogen) atoms. The van der Waals surface area contributed by atoms with E-state index in [-0.39, 0.29) is 25.4 Å². The monoisotopic (exact) mass is 389 g/mol. The third-order valence-corrected chi connectivity index (χ3v) is 5.72. The second-order valence-corrected chi connectivity index (χ2v) is 7.75. The Labute approximate surface area is 165 Å². The Morgan fingerprint density at radius 3 is 3.07 bits per heavy atom. The Balaban J connectivity index is 1.62. The molecule has 2 unspecified atom stereocenters. The van der Waals surface area contributed by atoms with Gasteiger partial charge >= 0.3 is 0 Å². The minimum Gasteiger partial charge on any atom is -0.632 e. The first-order valence-corrected chi connectivity index (χ1v) is 9.94. The number of nitrogens with one attached hydrogen (secondary N) is 2. The van der Waals surface area contributed by atoms with Crippen molar-refractivity contribution in [3.05, 3.63) is 46.6 Å². The molecule has 2 saturated heterocycles. The third-order valence-electron chi connectivity index (χ3n) is 5.72. The van der Waals surface area contributed by atoms with Crippen LogP contribution in [0.2, 0.25) is 0 Å². The summed E-state index contributed by atoms with van der Waals surface area (Å²) in [5.74, 6) is 0.981. The van der Waals surface area contributed by atoms with Crippen LogP contribution in [0.25, 0.3) is 0 Å². The van der Waals surface area contributed by atoms with Crippen LogP contribution in [-0.4, -0.2) is 61.0 Å². The van der Waals surface area contributed by atoms with E-state index in [9.17, 15) is 9.60 Å². The minimum atomic E-state index is -0.483. The lowest BCUT2D eigenvalue weighted by Crippen LogP contribution is -2.47. The van der Waals surface area contributed by atoms with Gasteiger partial charge in [0.25, 0.3) is 0 Å². The molecular formula is C20H28FN5O2. The molecule has 3 heterocycles. The molecule has 8 heteroatoms. The van der Waals surface area contributed by atoms with Crippen molar-refractivity contribution in [2.24, 2.45) is 4.99 Å². The average molecular weight is 389 g/mol. The molecule has 0 bridgehead atoms. The second kappa shape index (κ2) is 7.69. The maximum Gasteiger partial charge on any atom is 0.175 e. The van der Waals surface area contributed by atoms with E-state index in [1.807, 2.05) is 13.1 Å². The minimum absolute atomic E-state index is 0.0986. The first-order chi connectivity index (χ1) is 13.5. The van der Waals surface area contributed by atoms with E-state index >= 15 is 0 Å². The molecule has 4 rings (SSSR count). The molecule has 0 aliphatic carbocycles. The highest BCUT2D eigenvalue weighted by atomic mass is 19.1. The van der Waals surface area contributed by atoms with Crippen LogP contribution in [0.15, 0.2) is 35.0 Å². The number of methoxy groups -OCH3 is 1. The number of aliphatic imine (C=N–C) groups is 1. The Bertz CT molecular complexity index is 799. The maximum absolute atomic E-state index is 14.5. The fourth-order valence-electron chi connectivity index (χ4n) is 4.44. The van der Waals surface area contributed by atoms with Crippen molar-refractivity contribution in [3.8, 4) is 5.75 Å². The quantitative estimate of drug-likeness (QED) is 0.595. The van der Waals surface area contributed by atoms with Gasteiger partial charge in [0.2, 0.25) is 0 Å². The number of rotatable bonds is 5. The third kappa shape index (κ3) is 3.72. The number of hydrogen-bond donors (Lipinski definition) is 2. The van der Waals surface area contributed by atoms with Crippen molar-refractivity contribution in [3.63, 3.8) is 0 Å². The van der Waals surface area contributed by atoms with Crippen molar-refractivity contribution in [1.29, 1.82) is 0 Å². The molecule has 0 amide bonds. The molecule has 0 radical (unpaired) electrons. The van der Waals surface area contributed by atoms with Gasteiger partial charge in [0.1, 0.15) is 30.5 Å². The summed E-state index contributed by atoms with van der Waals surface area (Å²) < 4.78 is 19.1. The fraction of sp³-hybridized carbons (Fsp3) is 0.550. The van der Waals surface area contributed by atoms with Crippen molar-refractivity contribution in [2.75, 3.05) is 33.3 Å². The van der Waals surface area contributed by atoms with E-state index in [1.54, 1.807) is 12.1 Å². The summed E-state index contributed by atoms with van der Waals surface area (Å²) in [5, 5.41) is 20.3. The van der Waals surface area contributed by atoms with Gasteiger partial charge in [-0.15, -0.1) is 0 Å². The standard InChI is InChI=1S/C20H28FN5O2/c1-3-22-20-23-10-15-12-26(27,11-14-6-7-17(28-2)9-18(14)21)13-16-5-4-8-25(16)19(15)24-20/h6-7,9-10,16,20,22-23H,3-5,8,11-13H2,1-2H3/t16?,20-,26?/m0/s1. The van der Waals surface area contributed by atoms with E-state index < -0.39 is 10.5 Å². The van der Waals surface area contributed by atoms with E-state index in [1.165, 1.54) is 13.2 Å². The Morgan fingerprint density at radius 2 is 2.32 bits per heavy atom. The van der Waals surface area contributed by atoms with Crippen molar-refractivity contribution < 1.29 is 13.8 Å². The lowest BCUT2D eigenvalue weighted by molar-refractivity contribution is -0.890. The lowest BCUT2D eigenvalue weighted by Gasteiger charge is -2.43. The predicted octanol–water partition coefficient (Wildman–Crippen LogP) is 1.91. The highest BCUT2D eigenvalue weighted by molar-refractivity contribution is 5.99. The van der Waals surface area contributed by atoms with Crippen LogP contribution in [0.3, 0.4) is 0 Å². The van der Waals surface area contributed by atoms with E-state index in [0.717, 1.165) is 37.3 Å². The molecule has 3 atom stereocenters. The topological polar surface area (TPSA) is 72.0 Å². The molecule has 1 aromatic rings. The van der Waals surface area contributed by atoms with Crippen LogP contribution in [0.5, 0.6) is 5.75 Å². The largest absolute Gasteiger partial charge is 0.632 e. The zero-order valence-corrected chi connectivity index (χ0v) is 16.4. The van der Waals surface area contributed by atoms with Gasteiger partial charge in [-0.25, -0.2) is 9.38 Å². The van der Waals surface area contributed by atoms with Crippen LogP contribution < -0.4 is 15.4 Å². The Hall–Kier alpha value is -2.16. The number of halogens is 1. The van der Waals surface area contributed by atoms with Gasteiger partial charge in [-0.3, -0.25) is 5.32 Å². The van der Waals surface area contributed by atoms with Crippen LogP contribution in [-0.2, 0) is 6.54 Å². The summed E-state index contributed by atoms with van der Waals surface area (Å²) >= 11 is 0. The summed E-state index contributed by atoms with van der Waals surface area (Å²) in [6, 6.07) is 4.85. The van der Waals surface area contributed by atoms with Crippen LogP contribution in [0.1, 0.15) is 25.3 Å². The molecular weight excluding hydrogens is 361 g/mol. The summed E-state index contributed by atoms with van der Waals surface area (Å²) in [5.41, 5.74) is 1.33. The molecule has 2 fully saturated rings. The SMILES string of the molecule is CCN[C@@H]1N=C2C(=CN1)C[N+]([O-])(Cc1ccc(OC)cc1F)CC1CCCN21. The van der Waals surface area contributed by atoms with Gasteiger partial charge < -0.3 is 24.8 Å². The zero-order chi connectivity index (χ0) is 19.7. The molecule has 3 aliphatic rings. The molecule has 0 saturated carbocycles. The highest BCUT2D eigenvalue weighted by Crippen LogP contribution is 2.32. The highest BCUT2D eigenvalue weighted by Gasteiger charge is 2.40. The van der Waals surface area contributed by atoms with Crippen molar-refractivity contribution in [2.45, 2.75) is 38.6 Å². The van der Waals surface area contributed by atoms with Gasteiger partial charge in [0.05, 0.1) is 25.3 Å². The molecule has 7 nitrogen and oxygen atoms in total. The second-order valence-electron chi connectivity index (χ2n) is 7.75. The van der Waals surface area contributed by atoms with Crippen molar-refractivity contribution in [1.82, 2.24) is 15.5 Å². The van der Waals surface area contributed by atoms with Gasteiger partial charge in [0, 0.05) is 24.4 Å². The van der Waals surface area contributed by atoms with Crippen LogP contribution in [0, 0.1) is 11.0 Å². The lowest BCUT2D eigenvalue weighted by atomic mass is 10.1. The molecule has 1 aromatic carbocycles. The van der Waals surface area contributed by atoms with Crippen LogP contribution >= 0.6 is 0 Å². The summed E-state index contributed by atoms with van der Waals surface area (Å²) in [4.78, 5) is 7.10. The number of benzene rings is 1. The van der Waals surface area contributed by atoms with E-state index in [4.69, 9.17) is 9.73 Å². The Kier molecular flexibility index (Phi) is 5.27. The van der Waals surface area contributed by atoms with Crippen LogP contribution in [0.4, 0.5) is 4.39 Å². The van der Waals surface area contributed by atoms with Gasteiger partial charge in [0.15, 0.2) is 6.29 Å². The smallest absolute Gasteiger partial charge is 0.175 e. The Morgan fingerprint density at radius 1 is 1.46 bits per heavy atom. The van der Waals surface area contributed by atoms with Crippen molar-refractivity contribution >= 4 is 5.84 Å². The number of hydroxylamine groups is 3. The molecule has 3 aliphatic heterocycles. The predicted molar refractivity (Wildman–Crippen MR) is 106 cm³/mol. The number of quaternary nitrogens is 1. The van der Waals surface area contributed by atoms with Gasteiger partial charge in [-0.05, 0) is 31.5 Å². The summed E-state index contributed by atoms with van der Waals surface area (Å²) in [6.45, 7) is 4.57. The zero-order valence-electron chi connectivity index (χ0n) is 16.4. The normalized spacial score (nSPS) is 29.2. The van der Waals surface area contributed by atoms with Gasteiger partial charge in [-0.1, -0.05) is 6.92 Å². The fourth-order valence-corrected chi connectivity index (χ4v) is 4.44. The number of amidine groups is 1. The number of fused-ring (bicyclic) bond motifs is 3. The first-order valence-electron chi connectivity index (χ1n) is 9.94. The summed E-state index contributed by atoms with van der Waals surface area (Å²) in [6.07, 6.45) is 3.76. The van der Waals surface area contributed by atoms with Gasteiger partial charge in [-0.2, -0.15) is 0 Å². The molecule has 0 spiro atoms. The average Bonchev–Trinajstić information content (AvgIpc) is 3.08. The molecule has 152 valence electrons. The van der Waals surface area contributed by atoms with E-state index in [2.05, 4.69) is 15.5 Å². The van der Waals surface area contributed by atoms with E-state index in [0.29, 0.717) is 17.9 Å². The number of ether oxygens (including phenoxy) is 1.